The first-order chi connectivity index (χ1) is 14.5. The molecule has 0 aromatic carbocycles. The molecule has 2 heterocycles. The molecule has 31 heavy (non-hydrogen) atoms. The second-order valence-corrected chi connectivity index (χ2v) is 13.4. The maximum Gasteiger partial charge on any atom is 0.385 e. The van der Waals surface area contributed by atoms with Crippen LogP contribution in [0.2, 0.25) is 24.2 Å². The molecule has 2 rings (SSSR count). The van der Waals surface area contributed by atoms with Crippen LogP contribution < -0.4 is 0 Å². The van der Waals surface area contributed by atoms with Crippen molar-refractivity contribution in [3.05, 3.63) is 48.3 Å². The van der Waals surface area contributed by atoms with E-state index in [1.807, 2.05) is 0 Å². The van der Waals surface area contributed by atoms with Crippen LogP contribution in [0.4, 0.5) is 0 Å². The summed E-state index contributed by atoms with van der Waals surface area (Å²) < 4.78 is 1.59. The van der Waals surface area contributed by atoms with Crippen LogP contribution in [0, 0.1) is 0 Å². The maximum atomic E-state index is 12.2. The van der Waals surface area contributed by atoms with Crippen LogP contribution in [0.3, 0.4) is 0 Å². The van der Waals surface area contributed by atoms with Gasteiger partial charge in [0.05, 0.1) is 14.3 Å². The zero-order valence-electron chi connectivity index (χ0n) is 18.8. The van der Waals surface area contributed by atoms with Gasteiger partial charge in [-0.1, -0.05) is 28.0 Å². The predicted octanol–water partition coefficient (Wildman–Crippen LogP) is 4.07. The summed E-state index contributed by atoms with van der Waals surface area (Å²) >= 11 is 0. The van der Waals surface area contributed by atoms with Gasteiger partial charge in [0.25, 0.3) is 11.8 Å². The van der Waals surface area contributed by atoms with E-state index in [9.17, 15) is 14.4 Å². The third-order valence-electron chi connectivity index (χ3n) is 5.05. The second-order valence-electron chi connectivity index (χ2n) is 8.83. The Balaban J connectivity index is 2.00. The molecule has 0 saturated carbocycles. The molecule has 0 bridgehead atoms. The van der Waals surface area contributed by atoms with Crippen molar-refractivity contribution in [3.63, 3.8) is 0 Å². The number of aromatic nitrogens is 3. The monoisotopic (exact) mass is 444 g/mol. The topological polar surface area (TPSA) is 94.4 Å². The third-order valence-corrected chi connectivity index (χ3v) is 10.5. The van der Waals surface area contributed by atoms with Gasteiger partial charge in [-0.25, -0.2) is 4.79 Å². The molecular weight excluding hydrogens is 412 g/mol. The van der Waals surface area contributed by atoms with Crippen molar-refractivity contribution in [1.82, 2.24) is 20.1 Å². The SMILES string of the molecule is C=C(C)C[Si](CCCn1cc(C(=O)ON2C(=O)CCC2=O)nn1)(CC(=C)C)CC(=C)C. The molecule has 1 saturated heterocycles. The van der Waals surface area contributed by atoms with Crippen molar-refractivity contribution in [2.75, 3.05) is 0 Å². The van der Waals surface area contributed by atoms with Crippen molar-refractivity contribution < 1.29 is 19.2 Å². The Morgan fingerprint density at radius 1 is 1.03 bits per heavy atom. The average Bonchev–Trinajstić information content (AvgIpc) is 3.22. The molecule has 0 radical (unpaired) electrons. The molecule has 2 amide bonds. The Labute approximate surface area is 184 Å². The van der Waals surface area contributed by atoms with Gasteiger partial charge in [-0.3, -0.25) is 14.3 Å². The predicted molar refractivity (Wildman–Crippen MR) is 121 cm³/mol. The van der Waals surface area contributed by atoms with Crippen molar-refractivity contribution >= 4 is 25.9 Å². The van der Waals surface area contributed by atoms with Crippen LogP contribution in [-0.2, 0) is 21.0 Å². The lowest BCUT2D eigenvalue weighted by Crippen LogP contribution is -2.35. The smallest absolute Gasteiger partial charge is 0.323 e. The van der Waals surface area contributed by atoms with Crippen LogP contribution in [0.1, 0.15) is 50.5 Å². The Bertz CT molecular complexity index is 848. The molecule has 0 aliphatic carbocycles. The fourth-order valence-electron chi connectivity index (χ4n) is 4.28. The molecule has 0 unspecified atom stereocenters. The fraction of sp³-hybridized carbons (Fsp3) is 0.500. The highest BCUT2D eigenvalue weighted by molar-refractivity contribution is 6.81. The first-order valence-electron chi connectivity index (χ1n) is 10.4. The minimum absolute atomic E-state index is 0.0400. The molecule has 1 aromatic heterocycles. The normalized spacial score (nSPS) is 14.1. The molecule has 9 heteroatoms. The minimum Gasteiger partial charge on any atom is -0.323 e. The standard InChI is InChI=1S/C22H32N4O4Si/c1-16(2)13-31(14-17(3)4,15-18(5)6)11-7-10-25-12-19(23-24-25)22(29)30-26-20(27)8-9-21(26)28/h12H,1,3,5,7-11,13-15H2,2,4,6H3. The zero-order chi connectivity index (χ0) is 23.2. The molecule has 8 nitrogen and oxygen atoms in total. The minimum atomic E-state index is -1.73. The van der Waals surface area contributed by atoms with E-state index < -0.39 is 25.9 Å². The van der Waals surface area contributed by atoms with Gasteiger partial charge >= 0.3 is 5.97 Å². The summed E-state index contributed by atoms with van der Waals surface area (Å²) in [6.45, 7) is 19.2. The molecule has 168 valence electrons. The first kappa shape index (κ1) is 24.5. The number of aryl methyl sites for hydroxylation is 1. The second kappa shape index (κ2) is 10.5. The number of carbonyl (C=O) groups is 3. The number of amides is 2. The Morgan fingerprint density at radius 3 is 2.03 bits per heavy atom. The summed E-state index contributed by atoms with van der Waals surface area (Å²) in [5.41, 5.74) is 3.52. The highest BCUT2D eigenvalue weighted by Crippen LogP contribution is 2.35. The molecule has 0 atom stereocenters. The zero-order valence-corrected chi connectivity index (χ0v) is 19.8. The number of hydrogen-bond donors (Lipinski definition) is 0. The molecule has 1 aliphatic heterocycles. The summed E-state index contributed by atoms with van der Waals surface area (Å²) in [6.07, 6.45) is 2.44. The van der Waals surface area contributed by atoms with Gasteiger partial charge in [0, 0.05) is 19.4 Å². The van der Waals surface area contributed by atoms with Gasteiger partial charge in [0.15, 0.2) is 5.69 Å². The number of hydrogen-bond acceptors (Lipinski definition) is 6. The van der Waals surface area contributed by atoms with Crippen molar-refractivity contribution in [1.29, 1.82) is 0 Å². The molecule has 1 aromatic rings. The summed E-state index contributed by atoms with van der Waals surface area (Å²) in [5.74, 6) is -1.93. The van der Waals surface area contributed by atoms with E-state index in [1.54, 1.807) is 4.68 Å². The molecular formula is C22H32N4O4Si. The van der Waals surface area contributed by atoms with Crippen LogP contribution in [0.25, 0.3) is 0 Å². The molecule has 0 N–H and O–H groups in total. The first-order valence-corrected chi connectivity index (χ1v) is 13.3. The number of imide groups is 1. The summed E-state index contributed by atoms with van der Waals surface area (Å²) in [6, 6.07) is 4.13. The third kappa shape index (κ3) is 7.13. The van der Waals surface area contributed by atoms with Crippen molar-refractivity contribution in [3.8, 4) is 0 Å². The summed E-state index contributed by atoms with van der Waals surface area (Å²) in [4.78, 5) is 40.3. The van der Waals surface area contributed by atoms with E-state index in [1.165, 1.54) is 22.9 Å². The Kier molecular flexibility index (Phi) is 8.26. The number of carbonyl (C=O) groups excluding carboxylic acids is 3. The number of allylic oxidation sites excluding steroid dienone is 3. The number of rotatable bonds is 12. The van der Waals surface area contributed by atoms with Gasteiger partial charge in [-0.15, -0.1) is 29.9 Å². The maximum absolute atomic E-state index is 12.2. The molecule has 1 fully saturated rings. The molecule has 0 spiro atoms. The van der Waals surface area contributed by atoms with Gasteiger partial charge in [-0.2, -0.15) is 0 Å². The largest absolute Gasteiger partial charge is 0.385 e. The van der Waals surface area contributed by atoms with Gasteiger partial charge in [-0.05, 0) is 45.3 Å². The Hall–Kier alpha value is -2.81. The quantitative estimate of drug-likeness (QED) is 0.274. The van der Waals surface area contributed by atoms with Crippen LogP contribution >= 0.6 is 0 Å². The molecule has 1 aliphatic rings. The van der Waals surface area contributed by atoms with Crippen LogP contribution in [0.5, 0.6) is 0 Å². The lowest BCUT2D eigenvalue weighted by molar-refractivity contribution is -0.172. The number of hydroxylamine groups is 2. The fourth-order valence-corrected chi connectivity index (χ4v) is 9.93. The van der Waals surface area contributed by atoms with E-state index in [0.717, 1.165) is 30.6 Å². The Morgan fingerprint density at radius 2 is 1.55 bits per heavy atom. The number of nitrogens with zero attached hydrogens (tertiary/aromatic N) is 4. The van der Waals surface area contributed by atoms with E-state index in [0.29, 0.717) is 11.6 Å². The summed E-state index contributed by atoms with van der Waals surface area (Å²) in [5, 5.41) is 8.33. The van der Waals surface area contributed by atoms with E-state index in [-0.39, 0.29) is 18.5 Å². The lowest BCUT2D eigenvalue weighted by Gasteiger charge is -2.33. The van der Waals surface area contributed by atoms with E-state index >= 15 is 0 Å². The van der Waals surface area contributed by atoms with Gasteiger partial charge < -0.3 is 4.84 Å². The van der Waals surface area contributed by atoms with Gasteiger partial charge in [0.1, 0.15) is 0 Å². The lowest BCUT2D eigenvalue weighted by atomic mass is 10.4. The van der Waals surface area contributed by atoms with Gasteiger partial charge in [0.2, 0.25) is 0 Å². The highest BCUT2D eigenvalue weighted by atomic mass is 28.3. The van der Waals surface area contributed by atoms with Crippen molar-refractivity contribution in [2.45, 2.75) is 70.8 Å². The average molecular weight is 445 g/mol. The van der Waals surface area contributed by atoms with Crippen molar-refractivity contribution in [2.24, 2.45) is 0 Å². The van der Waals surface area contributed by atoms with Crippen LogP contribution in [0.15, 0.2) is 42.7 Å². The summed E-state index contributed by atoms with van der Waals surface area (Å²) in [7, 11) is -1.73. The van der Waals surface area contributed by atoms with E-state index in [2.05, 4.69) is 50.8 Å². The van der Waals surface area contributed by atoms with E-state index in [4.69, 9.17) is 4.84 Å². The highest BCUT2D eigenvalue weighted by Gasteiger charge is 2.34. The van der Waals surface area contributed by atoms with Crippen LogP contribution in [-0.4, -0.2) is 45.9 Å².